The van der Waals surface area contributed by atoms with Gasteiger partial charge in [0.05, 0.1) is 0 Å². The van der Waals surface area contributed by atoms with E-state index in [4.69, 9.17) is 0 Å². The van der Waals surface area contributed by atoms with Crippen LogP contribution in [-0.2, 0) is 6.42 Å². The Labute approximate surface area is 90.9 Å². The average molecular weight is 193 g/mol. The van der Waals surface area contributed by atoms with Gasteiger partial charge in [0.2, 0.25) is 0 Å². The van der Waals surface area contributed by atoms with Crippen molar-refractivity contribution in [2.45, 2.75) is 6.42 Å². The van der Waals surface area contributed by atoms with Gasteiger partial charge in [-0.2, -0.15) is 0 Å². The highest BCUT2D eigenvalue weighted by Gasteiger charge is 1.86. The lowest BCUT2D eigenvalue weighted by Crippen LogP contribution is -1.78. The van der Waals surface area contributed by atoms with Crippen LogP contribution in [-0.4, -0.2) is 0 Å². The number of allylic oxidation sites excluding steroid dienone is 1. The van der Waals surface area contributed by atoms with E-state index in [2.05, 4.69) is 54.6 Å². The van der Waals surface area contributed by atoms with Crippen LogP contribution in [0.2, 0.25) is 0 Å². The van der Waals surface area contributed by atoms with Crippen molar-refractivity contribution >= 4 is 6.08 Å². The van der Waals surface area contributed by atoms with Crippen LogP contribution in [0, 0.1) is 6.07 Å². The quantitative estimate of drug-likeness (QED) is 0.696. The van der Waals surface area contributed by atoms with Gasteiger partial charge in [0.25, 0.3) is 0 Å². The van der Waals surface area contributed by atoms with E-state index >= 15 is 0 Å². The molecule has 2 rings (SSSR count). The highest BCUT2D eigenvalue weighted by Crippen LogP contribution is 2.04. The summed E-state index contributed by atoms with van der Waals surface area (Å²) in [5, 5.41) is 0. The van der Waals surface area contributed by atoms with Gasteiger partial charge < -0.3 is 0 Å². The summed E-state index contributed by atoms with van der Waals surface area (Å²) in [5.74, 6) is 0. The first-order valence-corrected chi connectivity index (χ1v) is 5.12. The maximum Gasteiger partial charge on any atom is -0.00941 e. The maximum atomic E-state index is 3.02. The van der Waals surface area contributed by atoms with Gasteiger partial charge in [-0.25, -0.2) is 0 Å². The van der Waals surface area contributed by atoms with Gasteiger partial charge in [-0.15, -0.1) is 0 Å². The Bertz CT molecular complexity index is 412. The lowest BCUT2D eigenvalue weighted by Gasteiger charge is -1.94. The van der Waals surface area contributed by atoms with Gasteiger partial charge in [0.1, 0.15) is 0 Å². The zero-order valence-electron chi connectivity index (χ0n) is 8.56. The molecule has 2 aromatic carbocycles. The van der Waals surface area contributed by atoms with E-state index in [9.17, 15) is 0 Å². The lowest BCUT2D eigenvalue weighted by molar-refractivity contribution is 1.28. The Morgan fingerprint density at radius 2 is 1.67 bits per heavy atom. The van der Waals surface area contributed by atoms with Gasteiger partial charge in [-0.3, -0.25) is 0 Å². The van der Waals surface area contributed by atoms with Crippen LogP contribution in [0.4, 0.5) is 0 Å². The van der Waals surface area contributed by atoms with Crippen LogP contribution >= 0.6 is 0 Å². The maximum absolute atomic E-state index is 3.02. The summed E-state index contributed by atoms with van der Waals surface area (Å²) in [6, 6.07) is 21.5. The normalized spacial score (nSPS) is 10.7. The van der Waals surface area contributed by atoms with Gasteiger partial charge in [-0.05, 0) is 23.6 Å². The summed E-state index contributed by atoms with van der Waals surface area (Å²) >= 11 is 0. The summed E-state index contributed by atoms with van der Waals surface area (Å²) < 4.78 is 0. The van der Waals surface area contributed by atoms with Crippen molar-refractivity contribution in [3.8, 4) is 0 Å². The Morgan fingerprint density at radius 1 is 0.933 bits per heavy atom. The fourth-order valence-corrected chi connectivity index (χ4v) is 1.45. The molecule has 0 aliphatic carbocycles. The van der Waals surface area contributed by atoms with Crippen LogP contribution in [0.3, 0.4) is 0 Å². The van der Waals surface area contributed by atoms with Crippen molar-refractivity contribution in [1.29, 1.82) is 0 Å². The van der Waals surface area contributed by atoms with Crippen molar-refractivity contribution in [2.24, 2.45) is 0 Å². The number of rotatable bonds is 3. The molecule has 15 heavy (non-hydrogen) atoms. The molecule has 0 aliphatic heterocycles. The molecule has 0 bridgehead atoms. The van der Waals surface area contributed by atoms with Crippen LogP contribution in [0.15, 0.2) is 60.7 Å². The topological polar surface area (TPSA) is 0 Å². The Balaban J connectivity index is 1.97. The van der Waals surface area contributed by atoms with Crippen LogP contribution in [0.25, 0.3) is 6.08 Å². The third-order valence-corrected chi connectivity index (χ3v) is 2.25. The van der Waals surface area contributed by atoms with Crippen molar-refractivity contribution in [2.75, 3.05) is 0 Å². The molecule has 0 amide bonds. The fourth-order valence-electron chi connectivity index (χ4n) is 1.45. The minimum atomic E-state index is 0.976. The molecule has 0 spiro atoms. The zero-order valence-corrected chi connectivity index (χ0v) is 8.56. The summed E-state index contributed by atoms with van der Waals surface area (Å²) in [4.78, 5) is 0. The second-order valence-corrected chi connectivity index (χ2v) is 3.43. The fraction of sp³-hybridized carbons (Fsp3) is 0.0667. The first-order chi connectivity index (χ1) is 7.45. The summed E-state index contributed by atoms with van der Waals surface area (Å²) in [6.07, 6.45) is 5.31. The number of hydrogen-bond acceptors (Lipinski definition) is 0. The molecule has 0 saturated carbocycles. The predicted octanol–water partition coefficient (Wildman–Crippen LogP) is 3.74. The van der Waals surface area contributed by atoms with Gasteiger partial charge in [0.15, 0.2) is 0 Å². The van der Waals surface area contributed by atoms with Crippen molar-refractivity contribution in [1.82, 2.24) is 0 Å². The van der Waals surface area contributed by atoms with Crippen LogP contribution in [0.1, 0.15) is 11.1 Å². The minimum Gasteiger partial charge on any atom is -0.0795 e. The van der Waals surface area contributed by atoms with Gasteiger partial charge >= 0.3 is 0 Å². The summed E-state index contributed by atoms with van der Waals surface area (Å²) in [7, 11) is 0. The smallest absolute Gasteiger partial charge is 0.00941 e. The Hall–Kier alpha value is -1.82. The average Bonchev–Trinajstić information content (AvgIpc) is 2.32. The van der Waals surface area contributed by atoms with E-state index in [1.54, 1.807) is 0 Å². The molecule has 1 radical (unpaired) electrons. The molecule has 2 aromatic rings. The molecule has 0 aliphatic rings. The summed E-state index contributed by atoms with van der Waals surface area (Å²) in [5.41, 5.74) is 2.57. The zero-order chi connectivity index (χ0) is 10.3. The molecule has 0 unspecified atom stereocenters. The summed E-state index contributed by atoms with van der Waals surface area (Å²) in [6.45, 7) is 0. The highest BCUT2D eigenvalue weighted by atomic mass is 13.9. The molecule has 0 atom stereocenters. The largest absolute Gasteiger partial charge is 0.0795 e. The molecule has 0 nitrogen and oxygen atoms in total. The third-order valence-electron chi connectivity index (χ3n) is 2.25. The van der Waals surface area contributed by atoms with Crippen molar-refractivity contribution < 1.29 is 0 Å². The van der Waals surface area contributed by atoms with E-state index in [1.165, 1.54) is 11.1 Å². The molecular weight excluding hydrogens is 180 g/mol. The predicted molar refractivity (Wildman–Crippen MR) is 64.5 cm³/mol. The van der Waals surface area contributed by atoms with E-state index in [1.807, 2.05) is 18.2 Å². The lowest BCUT2D eigenvalue weighted by atomic mass is 10.1. The Morgan fingerprint density at radius 3 is 2.40 bits per heavy atom. The molecule has 0 saturated heterocycles. The standard InChI is InChI=1S/C15H13/c1-3-8-14(9-4-1)12-7-13-15-10-5-2-6-11-15/h1,3-12H,13H2. The molecule has 73 valence electrons. The Kier molecular flexibility index (Phi) is 3.34. The highest BCUT2D eigenvalue weighted by molar-refractivity contribution is 5.49. The van der Waals surface area contributed by atoms with E-state index in [0.29, 0.717) is 0 Å². The molecule has 0 fully saturated rings. The van der Waals surface area contributed by atoms with Gasteiger partial charge in [-0.1, -0.05) is 66.7 Å². The second kappa shape index (κ2) is 5.16. The van der Waals surface area contributed by atoms with E-state index in [-0.39, 0.29) is 0 Å². The third kappa shape index (κ3) is 3.10. The van der Waals surface area contributed by atoms with Crippen molar-refractivity contribution in [3.63, 3.8) is 0 Å². The number of hydrogen-bond donors (Lipinski definition) is 0. The molecule has 0 heterocycles. The molecule has 0 aromatic heterocycles. The monoisotopic (exact) mass is 193 g/mol. The minimum absolute atomic E-state index is 0.976. The molecular formula is C15H13. The first-order valence-electron chi connectivity index (χ1n) is 5.12. The van der Waals surface area contributed by atoms with E-state index in [0.717, 1.165) is 6.42 Å². The first kappa shape index (κ1) is 9.72. The van der Waals surface area contributed by atoms with E-state index < -0.39 is 0 Å². The van der Waals surface area contributed by atoms with Gasteiger partial charge in [0, 0.05) is 0 Å². The van der Waals surface area contributed by atoms with Crippen LogP contribution < -0.4 is 0 Å². The van der Waals surface area contributed by atoms with Crippen LogP contribution in [0.5, 0.6) is 0 Å². The SMILES string of the molecule is [c]1ccc(CC=Cc2ccccc2)cc1. The molecule has 0 N–H and O–H groups in total. The second-order valence-electron chi connectivity index (χ2n) is 3.43. The number of benzene rings is 2. The van der Waals surface area contributed by atoms with Crippen molar-refractivity contribution in [3.05, 3.63) is 77.9 Å². The molecule has 0 heteroatoms.